The highest BCUT2D eigenvalue weighted by atomic mass is 16.6. The van der Waals surface area contributed by atoms with E-state index in [1.807, 2.05) is 30.3 Å². The standard InChI is InChI=1S/C24H31N3O4/c1-18-7-8-21(29-2)19(13-18)15-26-9-11-27(12-10-26)16-24(28)25-14-20-17-30-22-5-3-4-6-23(22)31-20/h3-8,13,20H,9-12,14-17H2,1-2H3,(H,25,28). The van der Waals surface area contributed by atoms with Crippen LogP contribution in [0.3, 0.4) is 0 Å². The molecule has 1 atom stereocenters. The first kappa shape index (κ1) is 21.5. The van der Waals surface area contributed by atoms with Crippen molar-refractivity contribution in [2.75, 3.05) is 53.0 Å². The highest BCUT2D eigenvalue weighted by Crippen LogP contribution is 2.30. The molecule has 1 unspecified atom stereocenters. The number of nitrogens with one attached hydrogen (secondary N) is 1. The van der Waals surface area contributed by atoms with E-state index in [0.717, 1.165) is 50.0 Å². The number of hydrogen-bond acceptors (Lipinski definition) is 6. The number of hydrogen-bond donors (Lipinski definition) is 1. The van der Waals surface area contributed by atoms with Crippen LogP contribution < -0.4 is 19.5 Å². The molecule has 2 aromatic rings. The van der Waals surface area contributed by atoms with Gasteiger partial charge in [0.1, 0.15) is 18.5 Å². The average molecular weight is 426 g/mol. The molecule has 2 aliphatic rings. The summed E-state index contributed by atoms with van der Waals surface area (Å²) in [5, 5.41) is 2.99. The third-order valence-corrected chi connectivity index (χ3v) is 5.76. The van der Waals surface area contributed by atoms with Crippen LogP contribution in [0.25, 0.3) is 0 Å². The number of rotatable bonds is 7. The molecule has 0 spiro atoms. The van der Waals surface area contributed by atoms with Gasteiger partial charge in [0.15, 0.2) is 11.5 Å². The van der Waals surface area contributed by atoms with Crippen LogP contribution in [-0.4, -0.2) is 74.8 Å². The second-order valence-electron chi connectivity index (χ2n) is 8.17. The molecule has 1 fully saturated rings. The first-order valence-electron chi connectivity index (χ1n) is 10.8. The summed E-state index contributed by atoms with van der Waals surface area (Å²) >= 11 is 0. The SMILES string of the molecule is COc1ccc(C)cc1CN1CCN(CC(=O)NCC2COc3ccccc3O2)CC1. The Morgan fingerprint density at radius 1 is 1.10 bits per heavy atom. The van der Waals surface area contributed by atoms with Gasteiger partial charge in [-0.1, -0.05) is 29.8 Å². The lowest BCUT2D eigenvalue weighted by Gasteiger charge is -2.34. The van der Waals surface area contributed by atoms with Crippen LogP contribution in [-0.2, 0) is 11.3 Å². The topological polar surface area (TPSA) is 63.3 Å². The zero-order chi connectivity index (χ0) is 21.6. The van der Waals surface area contributed by atoms with Gasteiger partial charge >= 0.3 is 0 Å². The Hall–Kier alpha value is -2.77. The molecule has 7 heteroatoms. The lowest BCUT2D eigenvalue weighted by Crippen LogP contribution is -2.50. The second kappa shape index (κ2) is 10.0. The molecule has 7 nitrogen and oxygen atoms in total. The van der Waals surface area contributed by atoms with Gasteiger partial charge in [-0.05, 0) is 25.1 Å². The first-order chi connectivity index (χ1) is 15.1. The van der Waals surface area contributed by atoms with Crippen molar-refractivity contribution in [3.05, 3.63) is 53.6 Å². The molecule has 0 radical (unpaired) electrons. The number of piperazine rings is 1. The summed E-state index contributed by atoms with van der Waals surface area (Å²) in [5.41, 5.74) is 2.45. The number of aryl methyl sites for hydroxylation is 1. The van der Waals surface area contributed by atoms with Gasteiger partial charge in [0.05, 0.1) is 20.2 Å². The number of ether oxygens (including phenoxy) is 3. The van der Waals surface area contributed by atoms with Crippen molar-refractivity contribution in [2.45, 2.75) is 19.6 Å². The molecule has 1 saturated heterocycles. The molecule has 31 heavy (non-hydrogen) atoms. The lowest BCUT2D eigenvalue weighted by molar-refractivity contribution is -0.123. The van der Waals surface area contributed by atoms with Gasteiger partial charge < -0.3 is 19.5 Å². The fourth-order valence-corrected chi connectivity index (χ4v) is 4.03. The van der Waals surface area contributed by atoms with E-state index in [4.69, 9.17) is 14.2 Å². The summed E-state index contributed by atoms with van der Waals surface area (Å²) in [6, 6.07) is 13.9. The second-order valence-corrected chi connectivity index (χ2v) is 8.17. The molecule has 0 aliphatic carbocycles. The maximum atomic E-state index is 12.4. The number of para-hydroxylation sites is 2. The van der Waals surface area contributed by atoms with Crippen molar-refractivity contribution in [1.82, 2.24) is 15.1 Å². The molecule has 2 heterocycles. The van der Waals surface area contributed by atoms with Gasteiger partial charge in [0.2, 0.25) is 5.91 Å². The van der Waals surface area contributed by atoms with Crippen molar-refractivity contribution in [3.63, 3.8) is 0 Å². The number of carbonyl (C=O) groups excluding carboxylic acids is 1. The maximum Gasteiger partial charge on any atom is 0.234 e. The largest absolute Gasteiger partial charge is 0.496 e. The monoisotopic (exact) mass is 425 g/mol. The van der Waals surface area contributed by atoms with E-state index in [1.54, 1.807) is 7.11 Å². The Morgan fingerprint density at radius 2 is 1.84 bits per heavy atom. The summed E-state index contributed by atoms with van der Waals surface area (Å²) in [4.78, 5) is 17.0. The van der Waals surface area contributed by atoms with E-state index in [0.29, 0.717) is 19.7 Å². The van der Waals surface area contributed by atoms with Gasteiger partial charge in [-0.15, -0.1) is 0 Å². The fourth-order valence-electron chi connectivity index (χ4n) is 4.03. The Morgan fingerprint density at radius 3 is 2.61 bits per heavy atom. The summed E-state index contributed by atoms with van der Waals surface area (Å²) in [5.74, 6) is 2.45. The van der Waals surface area contributed by atoms with E-state index in [-0.39, 0.29) is 12.0 Å². The van der Waals surface area contributed by atoms with Crippen molar-refractivity contribution >= 4 is 5.91 Å². The molecule has 4 rings (SSSR count). The third kappa shape index (κ3) is 5.68. The van der Waals surface area contributed by atoms with E-state index >= 15 is 0 Å². The minimum atomic E-state index is -0.167. The van der Waals surface area contributed by atoms with Crippen molar-refractivity contribution in [2.24, 2.45) is 0 Å². The summed E-state index contributed by atoms with van der Waals surface area (Å²) in [6.45, 7) is 7.87. The van der Waals surface area contributed by atoms with Gasteiger partial charge in [-0.3, -0.25) is 14.6 Å². The number of amides is 1. The number of carbonyl (C=O) groups is 1. The Labute approximate surface area is 183 Å². The molecule has 0 aromatic heterocycles. The molecular weight excluding hydrogens is 394 g/mol. The van der Waals surface area contributed by atoms with Crippen molar-refractivity contribution in [3.8, 4) is 17.2 Å². The number of benzene rings is 2. The lowest BCUT2D eigenvalue weighted by atomic mass is 10.1. The van der Waals surface area contributed by atoms with Gasteiger partial charge in [0.25, 0.3) is 0 Å². The molecule has 0 saturated carbocycles. The molecule has 1 amide bonds. The minimum Gasteiger partial charge on any atom is -0.496 e. The van der Waals surface area contributed by atoms with Crippen LogP contribution in [0.5, 0.6) is 17.2 Å². The molecule has 2 aromatic carbocycles. The van der Waals surface area contributed by atoms with Crippen LogP contribution in [0.2, 0.25) is 0 Å². The highest BCUT2D eigenvalue weighted by molar-refractivity contribution is 5.78. The Kier molecular flexibility index (Phi) is 6.94. The summed E-state index contributed by atoms with van der Waals surface area (Å²) in [7, 11) is 1.72. The molecule has 0 bridgehead atoms. The van der Waals surface area contributed by atoms with E-state index in [9.17, 15) is 4.79 Å². The van der Waals surface area contributed by atoms with Gasteiger partial charge in [-0.2, -0.15) is 0 Å². The van der Waals surface area contributed by atoms with E-state index < -0.39 is 0 Å². The number of methoxy groups -OCH3 is 1. The molecule has 1 N–H and O–H groups in total. The Bertz CT molecular complexity index is 896. The van der Waals surface area contributed by atoms with E-state index in [1.165, 1.54) is 11.1 Å². The normalized spacial score (nSPS) is 19.1. The van der Waals surface area contributed by atoms with Gasteiger partial charge in [-0.25, -0.2) is 0 Å². The fraction of sp³-hybridized carbons (Fsp3) is 0.458. The minimum absolute atomic E-state index is 0.0243. The van der Waals surface area contributed by atoms with Crippen LogP contribution in [0.1, 0.15) is 11.1 Å². The zero-order valence-corrected chi connectivity index (χ0v) is 18.3. The van der Waals surface area contributed by atoms with Crippen LogP contribution in [0, 0.1) is 6.92 Å². The maximum absolute atomic E-state index is 12.4. The highest BCUT2D eigenvalue weighted by Gasteiger charge is 2.23. The quantitative estimate of drug-likeness (QED) is 0.733. The molecular formula is C24H31N3O4. The zero-order valence-electron chi connectivity index (χ0n) is 18.3. The predicted molar refractivity (Wildman–Crippen MR) is 119 cm³/mol. The Balaban J connectivity index is 1.18. The summed E-state index contributed by atoms with van der Waals surface area (Å²) in [6.07, 6.45) is -0.167. The first-order valence-corrected chi connectivity index (χ1v) is 10.8. The van der Waals surface area contributed by atoms with Gasteiger partial charge in [0, 0.05) is 38.3 Å². The van der Waals surface area contributed by atoms with E-state index in [2.05, 4.69) is 34.2 Å². The molecule has 2 aliphatic heterocycles. The molecule has 166 valence electrons. The summed E-state index contributed by atoms with van der Waals surface area (Å²) < 4.78 is 17.1. The average Bonchev–Trinajstić information content (AvgIpc) is 2.79. The number of fused-ring (bicyclic) bond motifs is 1. The van der Waals surface area contributed by atoms with Crippen LogP contribution >= 0.6 is 0 Å². The van der Waals surface area contributed by atoms with Crippen LogP contribution in [0.15, 0.2) is 42.5 Å². The number of nitrogens with zero attached hydrogens (tertiary/aromatic N) is 2. The third-order valence-electron chi connectivity index (χ3n) is 5.76. The van der Waals surface area contributed by atoms with Crippen molar-refractivity contribution < 1.29 is 19.0 Å². The predicted octanol–water partition coefficient (Wildman–Crippen LogP) is 2.08. The smallest absolute Gasteiger partial charge is 0.234 e. The van der Waals surface area contributed by atoms with Crippen LogP contribution in [0.4, 0.5) is 0 Å². The van der Waals surface area contributed by atoms with Crippen molar-refractivity contribution in [1.29, 1.82) is 0 Å².